The van der Waals surface area contributed by atoms with Crippen LogP contribution in [-0.2, 0) is 16.1 Å². The van der Waals surface area contributed by atoms with Gasteiger partial charge in [0.25, 0.3) is 0 Å². The molecule has 3 heterocycles. The van der Waals surface area contributed by atoms with E-state index in [1.807, 2.05) is 43.3 Å². The monoisotopic (exact) mass is 435 g/mol. The van der Waals surface area contributed by atoms with E-state index in [0.29, 0.717) is 36.7 Å². The molecule has 32 heavy (non-hydrogen) atoms. The molecule has 0 spiro atoms. The molecule has 3 aromatic heterocycles. The van der Waals surface area contributed by atoms with Crippen LogP contribution in [-0.4, -0.2) is 39.4 Å². The number of rotatable bonds is 9. The van der Waals surface area contributed by atoms with Crippen LogP contribution in [0.5, 0.6) is 5.75 Å². The van der Waals surface area contributed by atoms with E-state index < -0.39 is 0 Å². The normalized spacial score (nSPS) is 11.1. The predicted octanol–water partition coefficient (Wildman–Crippen LogP) is 3.75. The van der Waals surface area contributed by atoms with Crippen molar-refractivity contribution >= 4 is 23.0 Å². The van der Waals surface area contributed by atoms with Crippen LogP contribution in [0.15, 0.2) is 47.0 Å². The number of nitrogens with two attached hydrogens (primary N) is 1. The van der Waals surface area contributed by atoms with Gasteiger partial charge >= 0.3 is 5.97 Å². The summed E-state index contributed by atoms with van der Waals surface area (Å²) in [5, 5.41) is 5.27. The van der Waals surface area contributed by atoms with E-state index in [1.165, 1.54) is 7.11 Å². The number of aryl methyl sites for hydroxylation is 1. The summed E-state index contributed by atoms with van der Waals surface area (Å²) in [4.78, 5) is 19.9. The van der Waals surface area contributed by atoms with Crippen LogP contribution < -0.4 is 10.5 Å². The number of esters is 1. The third kappa shape index (κ3) is 4.88. The number of ether oxygens (including phenoxy) is 2. The van der Waals surface area contributed by atoms with Gasteiger partial charge in [-0.15, -0.1) is 0 Å². The largest absolute Gasteiger partial charge is 0.494 e. The maximum absolute atomic E-state index is 11.2. The van der Waals surface area contributed by atoms with Crippen molar-refractivity contribution in [3.05, 3.63) is 53.9 Å². The van der Waals surface area contributed by atoms with Crippen molar-refractivity contribution in [3.8, 4) is 17.2 Å². The molecule has 0 saturated heterocycles. The number of nitrogen functional groups attached to an aromatic ring is 1. The highest BCUT2D eigenvalue weighted by Crippen LogP contribution is 2.28. The molecule has 0 saturated carbocycles. The topological polar surface area (TPSA) is 118 Å². The highest BCUT2D eigenvalue weighted by Gasteiger charge is 2.16. The molecule has 9 heteroatoms. The number of methoxy groups -OCH3 is 1. The first-order chi connectivity index (χ1) is 15.5. The standard InChI is InChI=1S/C23H25N5O4/c1-15-9-10-19(32-15)21-18-13-25-28(22(18)27-23(24)26-21)14-16-6-5-7-17(12-16)31-11-4-3-8-20(29)30-2/h5-7,9-10,12-13H,3-4,8,11,14H2,1-2H3,(H2,24,26,27). The number of carbonyl (C=O) groups is 1. The van der Waals surface area contributed by atoms with Gasteiger partial charge in [0.1, 0.15) is 17.2 Å². The second-order valence-corrected chi connectivity index (χ2v) is 7.41. The van der Waals surface area contributed by atoms with Gasteiger partial charge in [0, 0.05) is 6.42 Å². The van der Waals surface area contributed by atoms with Gasteiger partial charge in [-0.2, -0.15) is 10.1 Å². The molecule has 0 atom stereocenters. The molecule has 4 rings (SSSR count). The summed E-state index contributed by atoms with van der Waals surface area (Å²) < 4.78 is 18.0. The highest BCUT2D eigenvalue weighted by atomic mass is 16.5. The quantitative estimate of drug-likeness (QED) is 0.312. The van der Waals surface area contributed by atoms with Gasteiger partial charge in [-0.1, -0.05) is 12.1 Å². The van der Waals surface area contributed by atoms with Crippen molar-refractivity contribution in [3.63, 3.8) is 0 Å². The summed E-state index contributed by atoms with van der Waals surface area (Å²) in [5.74, 6) is 2.14. The molecular formula is C23H25N5O4. The lowest BCUT2D eigenvalue weighted by Gasteiger charge is -2.09. The summed E-state index contributed by atoms with van der Waals surface area (Å²) in [6, 6.07) is 11.5. The fraction of sp³-hybridized carbons (Fsp3) is 0.304. The lowest BCUT2D eigenvalue weighted by atomic mass is 10.2. The SMILES string of the molecule is COC(=O)CCCCOc1cccc(Cn2ncc3c(-c4ccc(C)o4)nc(N)nc32)c1. The zero-order chi connectivity index (χ0) is 22.5. The second kappa shape index (κ2) is 9.51. The Hall–Kier alpha value is -3.88. The molecule has 0 bridgehead atoms. The van der Waals surface area contributed by atoms with Crippen molar-refractivity contribution in [1.29, 1.82) is 0 Å². The summed E-state index contributed by atoms with van der Waals surface area (Å²) in [5.41, 5.74) is 8.23. The maximum Gasteiger partial charge on any atom is 0.305 e. The number of unbranched alkanes of at least 4 members (excludes halogenated alkanes) is 1. The Bertz CT molecular complexity index is 1230. The molecule has 2 N–H and O–H groups in total. The molecule has 0 aliphatic rings. The lowest BCUT2D eigenvalue weighted by molar-refractivity contribution is -0.140. The van der Waals surface area contributed by atoms with Gasteiger partial charge in [-0.25, -0.2) is 9.67 Å². The van der Waals surface area contributed by atoms with Gasteiger partial charge in [0.15, 0.2) is 11.4 Å². The number of anilines is 1. The van der Waals surface area contributed by atoms with E-state index >= 15 is 0 Å². The van der Waals surface area contributed by atoms with Crippen molar-refractivity contribution in [2.75, 3.05) is 19.5 Å². The molecular weight excluding hydrogens is 410 g/mol. The Morgan fingerprint density at radius 2 is 2.06 bits per heavy atom. The number of hydrogen-bond donors (Lipinski definition) is 1. The first kappa shape index (κ1) is 21.4. The third-order valence-electron chi connectivity index (χ3n) is 4.99. The molecule has 1 aromatic carbocycles. The molecule has 166 valence electrons. The van der Waals surface area contributed by atoms with Gasteiger partial charge in [-0.3, -0.25) is 4.79 Å². The summed E-state index contributed by atoms with van der Waals surface area (Å²) in [6.45, 7) is 2.90. The summed E-state index contributed by atoms with van der Waals surface area (Å²) in [6.07, 6.45) is 3.62. The van der Waals surface area contributed by atoms with Crippen LogP contribution >= 0.6 is 0 Å². The minimum Gasteiger partial charge on any atom is -0.494 e. The number of furan rings is 1. The lowest BCUT2D eigenvalue weighted by Crippen LogP contribution is -2.06. The van der Waals surface area contributed by atoms with Crippen LogP contribution in [0.3, 0.4) is 0 Å². The highest BCUT2D eigenvalue weighted by molar-refractivity contribution is 5.89. The molecule has 0 aliphatic carbocycles. The van der Waals surface area contributed by atoms with Gasteiger partial charge in [0.05, 0.1) is 31.8 Å². The van der Waals surface area contributed by atoms with Crippen molar-refractivity contribution < 1.29 is 18.7 Å². The molecule has 0 radical (unpaired) electrons. The first-order valence-corrected chi connectivity index (χ1v) is 10.4. The second-order valence-electron chi connectivity index (χ2n) is 7.41. The van der Waals surface area contributed by atoms with E-state index in [2.05, 4.69) is 19.8 Å². The first-order valence-electron chi connectivity index (χ1n) is 10.4. The minimum atomic E-state index is -0.201. The number of carbonyl (C=O) groups excluding carboxylic acids is 1. The van der Waals surface area contributed by atoms with E-state index in [-0.39, 0.29) is 11.9 Å². The fourth-order valence-electron chi connectivity index (χ4n) is 3.41. The van der Waals surface area contributed by atoms with E-state index in [9.17, 15) is 4.79 Å². The van der Waals surface area contributed by atoms with Crippen LogP contribution in [0, 0.1) is 6.92 Å². The molecule has 0 amide bonds. The molecule has 9 nitrogen and oxygen atoms in total. The maximum atomic E-state index is 11.2. The van der Waals surface area contributed by atoms with E-state index in [1.54, 1.807) is 10.9 Å². The Balaban J connectivity index is 1.47. The van der Waals surface area contributed by atoms with Crippen LogP contribution in [0.25, 0.3) is 22.5 Å². The third-order valence-corrected chi connectivity index (χ3v) is 4.99. The van der Waals surface area contributed by atoms with E-state index in [4.69, 9.17) is 14.9 Å². The number of hydrogen-bond acceptors (Lipinski definition) is 8. The smallest absolute Gasteiger partial charge is 0.305 e. The number of nitrogens with zero attached hydrogens (tertiary/aromatic N) is 4. The van der Waals surface area contributed by atoms with Crippen molar-refractivity contribution in [1.82, 2.24) is 19.7 Å². The number of fused-ring (bicyclic) bond motifs is 1. The van der Waals surface area contributed by atoms with Crippen LogP contribution in [0.2, 0.25) is 0 Å². The predicted molar refractivity (Wildman–Crippen MR) is 119 cm³/mol. The summed E-state index contributed by atoms with van der Waals surface area (Å²) >= 11 is 0. The molecule has 0 unspecified atom stereocenters. The van der Waals surface area contributed by atoms with Crippen LogP contribution in [0.4, 0.5) is 5.95 Å². The van der Waals surface area contributed by atoms with Crippen molar-refractivity contribution in [2.24, 2.45) is 0 Å². The van der Waals surface area contributed by atoms with E-state index in [0.717, 1.165) is 35.3 Å². The number of benzene rings is 1. The minimum absolute atomic E-state index is 0.160. The fourth-order valence-corrected chi connectivity index (χ4v) is 3.41. The average Bonchev–Trinajstić information content (AvgIpc) is 3.39. The molecule has 0 aliphatic heterocycles. The number of aromatic nitrogens is 4. The Morgan fingerprint density at radius 3 is 2.84 bits per heavy atom. The molecule has 4 aromatic rings. The summed E-state index contributed by atoms with van der Waals surface area (Å²) in [7, 11) is 1.40. The Kier molecular flexibility index (Phi) is 6.34. The Labute approximate surface area is 185 Å². The van der Waals surface area contributed by atoms with Gasteiger partial charge in [0.2, 0.25) is 5.95 Å². The van der Waals surface area contributed by atoms with Gasteiger partial charge < -0.3 is 19.6 Å². The van der Waals surface area contributed by atoms with Crippen molar-refractivity contribution in [2.45, 2.75) is 32.7 Å². The zero-order valence-corrected chi connectivity index (χ0v) is 18.1. The zero-order valence-electron chi connectivity index (χ0n) is 18.1. The Morgan fingerprint density at radius 1 is 1.19 bits per heavy atom. The average molecular weight is 435 g/mol. The molecule has 0 fully saturated rings. The van der Waals surface area contributed by atoms with Gasteiger partial charge in [-0.05, 0) is 49.6 Å². The van der Waals surface area contributed by atoms with Crippen LogP contribution in [0.1, 0.15) is 30.6 Å².